The van der Waals surface area contributed by atoms with Gasteiger partial charge in [-0.05, 0) is 41.5 Å². The van der Waals surface area contributed by atoms with Gasteiger partial charge in [-0.1, -0.05) is 23.7 Å². The molecular weight excluding hydrogens is 359 g/mol. The van der Waals surface area contributed by atoms with E-state index in [1.54, 1.807) is 0 Å². The van der Waals surface area contributed by atoms with Crippen molar-refractivity contribution in [1.82, 2.24) is 5.32 Å². The minimum absolute atomic E-state index is 0.107. The molecule has 2 aromatic carbocycles. The summed E-state index contributed by atoms with van der Waals surface area (Å²) >= 11 is 5.53. The Balaban J connectivity index is 2.00. The number of nitrogens with one attached hydrogen (secondary N) is 1. The number of phenolic OH excluding ortho intramolecular Hbond substituents is 2. The van der Waals surface area contributed by atoms with Gasteiger partial charge in [0.15, 0.2) is 11.5 Å². The van der Waals surface area contributed by atoms with Gasteiger partial charge in [0.2, 0.25) is 5.91 Å². The Labute approximate surface area is 146 Å². The Morgan fingerprint density at radius 1 is 1.12 bits per heavy atom. The Morgan fingerprint density at radius 3 is 2.48 bits per heavy atom. The molecule has 0 radical (unpaired) electrons. The van der Waals surface area contributed by atoms with Crippen LogP contribution in [0.3, 0.4) is 0 Å². The average molecular weight is 372 g/mol. The number of hydrogen-bond donors (Lipinski definition) is 3. The molecule has 0 atom stereocenters. The molecule has 0 saturated carbocycles. The number of phenols is 2. The second-order valence-electron chi connectivity index (χ2n) is 5.11. The first-order chi connectivity index (χ1) is 11.7. The summed E-state index contributed by atoms with van der Waals surface area (Å²) in [7, 11) is 0. The number of halogens is 4. The summed E-state index contributed by atoms with van der Waals surface area (Å²) in [5.74, 6) is -1.15. The van der Waals surface area contributed by atoms with E-state index in [1.807, 2.05) is 0 Å². The van der Waals surface area contributed by atoms with Crippen molar-refractivity contribution in [3.05, 3.63) is 64.2 Å². The Kier molecular flexibility index (Phi) is 5.58. The van der Waals surface area contributed by atoms with Crippen LogP contribution in [0.2, 0.25) is 5.02 Å². The maximum absolute atomic E-state index is 12.8. The van der Waals surface area contributed by atoms with E-state index in [0.717, 1.165) is 18.2 Å². The Hall–Kier alpha value is -2.67. The molecule has 3 N–H and O–H groups in total. The zero-order valence-corrected chi connectivity index (χ0v) is 13.4. The van der Waals surface area contributed by atoms with Crippen LogP contribution in [0.5, 0.6) is 11.5 Å². The summed E-state index contributed by atoms with van der Waals surface area (Å²) in [6, 6.07) is 7.39. The normalized spacial score (nSPS) is 11.7. The lowest BCUT2D eigenvalue weighted by Crippen LogP contribution is -2.20. The first-order valence-electron chi connectivity index (χ1n) is 7.00. The minimum atomic E-state index is -4.57. The van der Waals surface area contributed by atoms with Gasteiger partial charge < -0.3 is 15.5 Å². The number of hydrogen-bond acceptors (Lipinski definition) is 3. The SMILES string of the molecule is O=C(/C=C/c1ccc(O)c(O)c1)NCc1ccc(Cl)c(C(F)(F)F)c1. The molecule has 0 saturated heterocycles. The molecule has 2 rings (SSSR count). The number of alkyl halides is 3. The lowest BCUT2D eigenvalue weighted by atomic mass is 10.1. The number of amides is 1. The van der Waals surface area contributed by atoms with Gasteiger partial charge in [-0.15, -0.1) is 0 Å². The van der Waals surface area contributed by atoms with Gasteiger partial charge in [0.25, 0.3) is 0 Å². The summed E-state index contributed by atoms with van der Waals surface area (Å²) < 4.78 is 38.3. The van der Waals surface area contributed by atoms with E-state index < -0.39 is 22.7 Å². The van der Waals surface area contributed by atoms with Crippen LogP contribution in [0.4, 0.5) is 13.2 Å². The van der Waals surface area contributed by atoms with Gasteiger partial charge in [-0.2, -0.15) is 13.2 Å². The van der Waals surface area contributed by atoms with Crippen molar-refractivity contribution in [3.8, 4) is 11.5 Å². The van der Waals surface area contributed by atoms with E-state index in [0.29, 0.717) is 5.56 Å². The Morgan fingerprint density at radius 2 is 1.84 bits per heavy atom. The third-order valence-electron chi connectivity index (χ3n) is 3.23. The van der Waals surface area contributed by atoms with Gasteiger partial charge in [0.05, 0.1) is 10.6 Å². The maximum Gasteiger partial charge on any atom is 0.417 e. The zero-order chi connectivity index (χ0) is 18.6. The molecular formula is C17H13ClF3NO3. The standard InChI is InChI=1S/C17H13ClF3NO3/c18-13-4-1-11(7-12(13)17(19,20)21)9-22-16(25)6-3-10-2-5-14(23)15(24)8-10/h1-8,23-24H,9H2,(H,22,25)/b6-3+. The summed E-state index contributed by atoms with van der Waals surface area (Å²) in [5.41, 5.74) is -0.243. The van der Waals surface area contributed by atoms with Gasteiger partial charge in [0.1, 0.15) is 0 Å². The number of benzene rings is 2. The average Bonchev–Trinajstić information content (AvgIpc) is 2.54. The molecule has 0 unspecified atom stereocenters. The summed E-state index contributed by atoms with van der Waals surface area (Å²) in [5, 5.41) is 20.6. The fraction of sp³-hybridized carbons (Fsp3) is 0.118. The summed E-state index contributed by atoms with van der Waals surface area (Å²) in [6.07, 6.45) is -2.03. The highest BCUT2D eigenvalue weighted by molar-refractivity contribution is 6.31. The van der Waals surface area contributed by atoms with E-state index in [2.05, 4.69) is 5.32 Å². The highest BCUT2D eigenvalue weighted by Crippen LogP contribution is 2.35. The predicted octanol–water partition coefficient (Wildman–Crippen LogP) is 4.10. The van der Waals surface area contributed by atoms with Crippen LogP contribution in [0.25, 0.3) is 6.08 Å². The largest absolute Gasteiger partial charge is 0.504 e. The van der Waals surface area contributed by atoms with Crippen LogP contribution in [-0.2, 0) is 17.5 Å². The molecule has 0 aliphatic heterocycles. The third kappa shape index (κ3) is 5.15. The molecule has 1 amide bonds. The van der Waals surface area contributed by atoms with Crippen molar-refractivity contribution in [1.29, 1.82) is 0 Å². The van der Waals surface area contributed by atoms with Crippen LogP contribution in [-0.4, -0.2) is 16.1 Å². The smallest absolute Gasteiger partial charge is 0.417 e. The van der Waals surface area contributed by atoms with Crippen molar-refractivity contribution < 1.29 is 28.2 Å². The first kappa shape index (κ1) is 18.7. The molecule has 0 aliphatic carbocycles. The third-order valence-corrected chi connectivity index (χ3v) is 3.56. The van der Waals surface area contributed by atoms with E-state index >= 15 is 0 Å². The number of carbonyl (C=O) groups is 1. The summed E-state index contributed by atoms with van der Waals surface area (Å²) in [4.78, 5) is 11.7. The maximum atomic E-state index is 12.8. The number of carbonyl (C=O) groups excluding carboxylic acids is 1. The van der Waals surface area contributed by atoms with Crippen molar-refractivity contribution in [2.24, 2.45) is 0 Å². The van der Waals surface area contributed by atoms with E-state index in [4.69, 9.17) is 11.6 Å². The molecule has 0 fully saturated rings. The monoisotopic (exact) mass is 371 g/mol. The van der Waals surface area contributed by atoms with Gasteiger partial charge in [-0.25, -0.2) is 0 Å². The molecule has 8 heteroatoms. The Bertz CT molecular complexity index is 819. The fourth-order valence-electron chi connectivity index (χ4n) is 1.96. The lowest BCUT2D eigenvalue weighted by Gasteiger charge is -2.11. The van der Waals surface area contributed by atoms with Crippen molar-refractivity contribution in [2.75, 3.05) is 0 Å². The van der Waals surface area contributed by atoms with Crippen LogP contribution in [0.15, 0.2) is 42.5 Å². The topological polar surface area (TPSA) is 69.6 Å². The number of rotatable bonds is 4. The van der Waals surface area contributed by atoms with Crippen molar-refractivity contribution >= 4 is 23.6 Å². The van der Waals surface area contributed by atoms with Gasteiger partial charge in [-0.3, -0.25) is 4.79 Å². The molecule has 132 valence electrons. The lowest BCUT2D eigenvalue weighted by molar-refractivity contribution is -0.137. The molecule has 0 bridgehead atoms. The van der Waals surface area contributed by atoms with Crippen molar-refractivity contribution in [2.45, 2.75) is 12.7 Å². The second kappa shape index (κ2) is 7.48. The molecule has 25 heavy (non-hydrogen) atoms. The van der Waals surface area contributed by atoms with Crippen molar-refractivity contribution in [3.63, 3.8) is 0 Å². The molecule has 0 aromatic heterocycles. The number of aromatic hydroxyl groups is 2. The predicted molar refractivity (Wildman–Crippen MR) is 87.1 cm³/mol. The fourth-order valence-corrected chi connectivity index (χ4v) is 2.19. The highest BCUT2D eigenvalue weighted by atomic mass is 35.5. The quantitative estimate of drug-likeness (QED) is 0.560. The molecule has 0 heterocycles. The summed E-state index contributed by atoms with van der Waals surface area (Å²) in [6.45, 7) is -0.107. The van der Waals surface area contributed by atoms with Crippen LogP contribution in [0, 0.1) is 0 Å². The van der Waals surface area contributed by atoms with E-state index in [9.17, 15) is 28.2 Å². The molecule has 2 aromatic rings. The van der Waals surface area contributed by atoms with Gasteiger partial charge in [0, 0.05) is 12.6 Å². The highest BCUT2D eigenvalue weighted by Gasteiger charge is 2.33. The molecule has 0 aliphatic rings. The van der Waals surface area contributed by atoms with Crippen LogP contribution >= 0.6 is 11.6 Å². The van der Waals surface area contributed by atoms with Crippen LogP contribution < -0.4 is 5.32 Å². The minimum Gasteiger partial charge on any atom is -0.504 e. The zero-order valence-electron chi connectivity index (χ0n) is 12.6. The van der Waals surface area contributed by atoms with Gasteiger partial charge >= 0.3 is 6.18 Å². The van der Waals surface area contributed by atoms with E-state index in [1.165, 1.54) is 30.3 Å². The first-order valence-corrected chi connectivity index (χ1v) is 7.38. The van der Waals surface area contributed by atoms with E-state index in [-0.39, 0.29) is 23.6 Å². The molecule has 0 spiro atoms. The molecule has 4 nitrogen and oxygen atoms in total. The van der Waals surface area contributed by atoms with Crippen LogP contribution in [0.1, 0.15) is 16.7 Å². The second-order valence-corrected chi connectivity index (χ2v) is 5.52.